The molecule has 1 fully saturated rings. The number of benzene rings is 1. The summed E-state index contributed by atoms with van der Waals surface area (Å²) in [4.78, 5) is 14.4. The first-order chi connectivity index (χ1) is 10.1. The Hall–Kier alpha value is -1.00. The molecule has 1 amide bonds. The summed E-state index contributed by atoms with van der Waals surface area (Å²) in [6.45, 7) is 7.59. The van der Waals surface area contributed by atoms with Crippen LogP contribution >= 0.6 is 11.8 Å². The van der Waals surface area contributed by atoms with Crippen molar-refractivity contribution < 1.29 is 4.79 Å². The van der Waals surface area contributed by atoms with Crippen LogP contribution in [0.4, 0.5) is 5.69 Å². The second-order valence-electron chi connectivity index (χ2n) is 6.07. The van der Waals surface area contributed by atoms with E-state index in [1.165, 1.54) is 17.1 Å². The predicted octanol–water partition coefficient (Wildman–Crippen LogP) is 3.61. The maximum atomic E-state index is 11.9. The average molecular weight is 306 g/mol. The third kappa shape index (κ3) is 6.10. The van der Waals surface area contributed by atoms with Gasteiger partial charge in [-0.25, -0.2) is 0 Å². The van der Waals surface area contributed by atoms with Gasteiger partial charge in [0.2, 0.25) is 5.91 Å². The zero-order valence-electron chi connectivity index (χ0n) is 13.1. The molecule has 1 saturated heterocycles. The van der Waals surface area contributed by atoms with Gasteiger partial charge in [0.1, 0.15) is 0 Å². The predicted molar refractivity (Wildman–Crippen MR) is 91.7 cm³/mol. The number of anilines is 1. The number of nitrogens with one attached hydrogen (secondary N) is 1. The van der Waals surface area contributed by atoms with Crippen LogP contribution in [0, 0.1) is 5.92 Å². The number of carbonyl (C=O) groups is 1. The Labute approximate surface area is 132 Å². The standard InChI is InChI=1S/C17H26N2OS/c1-14(2)6-7-17(20)18-16-5-3-4-15(12-16)13-19-8-10-21-11-9-19/h3-5,12,14H,6-11,13H2,1-2H3,(H,18,20). The zero-order valence-corrected chi connectivity index (χ0v) is 13.9. The third-order valence-corrected chi connectivity index (χ3v) is 4.61. The summed E-state index contributed by atoms with van der Waals surface area (Å²) in [7, 11) is 0. The fourth-order valence-electron chi connectivity index (χ4n) is 2.41. The Morgan fingerprint density at radius 3 is 2.81 bits per heavy atom. The van der Waals surface area contributed by atoms with Gasteiger partial charge in [0.05, 0.1) is 0 Å². The lowest BCUT2D eigenvalue weighted by atomic mass is 10.1. The summed E-state index contributed by atoms with van der Waals surface area (Å²) < 4.78 is 0. The maximum Gasteiger partial charge on any atom is 0.224 e. The molecule has 1 aromatic rings. The van der Waals surface area contributed by atoms with E-state index in [4.69, 9.17) is 0 Å². The van der Waals surface area contributed by atoms with E-state index in [-0.39, 0.29) is 5.91 Å². The van der Waals surface area contributed by atoms with Gasteiger partial charge in [0.25, 0.3) is 0 Å². The molecule has 0 bridgehead atoms. The van der Waals surface area contributed by atoms with Crippen LogP contribution in [0.15, 0.2) is 24.3 Å². The Morgan fingerprint density at radius 2 is 2.10 bits per heavy atom. The Morgan fingerprint density at radius 1 is 1.33 bits per heavy atom. The number of hydrogen-bond acceptors (Lipinski definition) is 3. The van der Waals surface area contributed by atoms with Crippen molar-refractivity contribution in [3.05, 3.63) is 29.8 Å². The van der Waals surface area contributed by atoms with E-state index in [1.807, 2.05) is 23.9 Å². The van der Waals surface area contributed by atoms with Gasteiger partial charge in [0.15, 0.2) is 0 Å². The number of carbonyl (C=O) groups excluding carboxylic acids is 1. The molecule has 1 aliphatic heterocycles. The summed E-state index contributed by atoms with van der Waals surface area (Å²) in [6, 6.07) is 8.26. The molecular formula is C17H26N2OS. The van der Waals surface area contributed by atoms with Gasteiger partial charge in [0, 0.05) is 43.2 Å². The highest BCUT2D eigenvalue weighted by Gasteiger charge is 2.11. The van der Waals surface area contributed by atoms with E-state index in [9.17, 15) is 4.79 Å². The van der Waals surface area contributed by atoms with Crippen LogP contribution in [-0.2, 0) is 11.3 Å². The fraction of sp³-hybridized carbons (Fsp3) is 0.588. The smallest absolute Gasteiger partial charge is 0.224 e. The second kappa shape index (κ2) is 8.44. The first-order valence-corrected chi connectivity index (χ1v) is 8.98. The van der Waals surface area contributed by atoms with Crippen LogP contribution in [0.2, 0.25) is 0 Å². The van der Waals surface area contributed by atoms with Crippen LogP contribution in [0.25, 0.3) is 0 Å². The van der Waals surface area contributed by atoms with Gasteiger partial charge in [-0.1, -0.05) is 26.0 Å². The number of hydrogen-bond donors (Lipinski definition) is 1. The molecule has 0 saturated carbocycles. The highest BCUT2D eigenvalue weighted by atomic mass is 32.2. The maximum absolute atomic E-state index is 11.9. The second-order valence-corrected chi connectivity index (χ2v) is 7.29. The van der Waals surface area contributed by atoms with Crippen molar-refractivity contribution in [3.63, 3.8) is 0 Å². The van der Waals surface area contributed by atoms with Crippen LogP contribution < -0.4 is 5.32 Å². The molecule has 4 heteroatoms. The van der Waals surface area contributed by atoms with Crippen molar-refractivity contribution in [3.8, 4) is 0 Å². The monoisotopic (exact) mass is 306 g/mol. The van der Waals surface area contributed by atoms with E-state index in [0.29, 0.717) is 12.3 Å². The molecular weight excluding hydrogens is 280 g/mol. The van der Waals surface area contributed by atoms with Crippen molar-refractivity contribution >= 4 is 23.4 Å². The molecule has 1 aliphatic rings. The van der Waals surface area contributed by atoms with Gasteiger partial charge >= 0.3 is 0 Å². The van der Waals surface area contributed by atoms with Crippen LogP contribution in [0.3, 0.4) is 0 Å². The van der Waals surface area contributed by atoms with Crippen LogP contribution in [-0.4, -0.2) is 35.4 Å². The van der Waals surface area contributed by atoms with E-state index >= 15 is 0 Å². The van der Waals surface area contributed by atoms with Gasteiger partial charge in [-0.05, 0) is 30.0 Å². The van der Waals surface area contributed by atoms with Gasteiger partial charge in [-0.3, -0.25) is 9.69 Å². The lowest BCUT2D eigenvalue weighted by Crippen LogP contribution is -2.31. The number of nitrogens with zero attached hydrogens (tertiary/aromatic N) is 1. The summed E-state index contributed by atoms with van der Waals surface area (Å²) in [5.41, 5.74) is 2.20. The Balaban J connectivity index is 1.86. The van der Waals surface area contributed by atoms with Crippen molar-refractivity contribution in [1.29, 1.82) is 0 Å². The molecule has 0 unspecified atom stereocenters. The Bertz CT molecular complexity index is 456. The van der Waals surface area contributed by atoms with Crippen molar-refractivity contribution in [1.82, 2.24) is 4.90 Å². The van der Waals surface area contributed by atoms with Crippen molar-refractivity contribution in [2.75, 3.05) is 29.9 Å². The van der Waals surface area contributed by atoms with Crippen molar-refractivity contribution in [2.45, 2.75) is 33.2 Å². The topological polar surface area (TPSA) is 32.3 Å². The molecule has 3 nitrogen and oxygen atoms in total. The molecule has 1 aromatic carbocycles. The summed E-state index contributed by atoms with van der Waals surface area (Å²) in [5.74, 6) is 3.14. The third-order valence-electron chi connectivity index (χ3n) is 3.67. The van der Waals surface area contributed by atoms with Crippen molar-refractivity contribution in [2.24, 2.45) is 5.92 Å². The fourth-order valence-corrected chi connectivity index (χ4v) is 3.39. The lowest BCUT2D eigenvalue weighted by Gasteiger charge is -2.26. The normalized spacial score (nSPS) is 16.1. The molecule has 21 heavy (non-hydrogen) atoms. The summed E-state index contributed by atoms with van der Waals surface area (Å²) in [6.07, 6.45) is 1.54. The quantitative estimate of drug-likeness (QED) is 0.871. The molecule has 1 N–H and O–H groups in total. The largest absolute Gasteiger partial charge is 0.326 e. The zero-order chi connectivity index (χ0) is 15.1. The first-order valence-electron chi connectivity index (χ1n) is 7.82. The molecule has 0 spiro atoms. The minimum absolute atomic E-state index is 0.121. The van der Waals surface area contributed by atoms with Crippen LogP contribution in [0.5, 0.6) is 0 Å². The minimum atomic E-state index is 0.121. The Kier molecular flexibility index (Phi) is 6.58. The average Bonchev–Trinajstić information content (AvgIpc) is 2.46. The molecule has 0 aromatic heterocycles. The number of rotatable bonds is 6. The molecule has 0 aliphatic carbocycles. The number of amides is 1. The summed E-state index contributed by atoms with van der Waals surface area (Å²) in [5, 5.41) is 3.01. The molecule has 2 rings (SSSR count). The molecule has 0 atom stereocenters. The lowest BCUT2D eigenvalue weighted by molar-refractivity contribution is -0.116. The van der Waals surface area contributed by atoms with Crippen LogP contribution in [0.1, 0.15) is 32.3 Å². The first kappa shape index (κ1) is 16.4. The van der Waals surface area contributed by atoms with Gasteiger partial charge in [-0.2, -0.15) is 11.8 Å². The summed E-state index contributed by atoms with van der Waals surface area (Å²) >= 11 is 2.03. The van der Waals surface area contributed by atoms with Gasteiger partial charge < -0.3 is 5.32 Å². The van der Waals surface area contributed by atoms with Gasteiger partial charge in [-0.15, -0.1) is 0 Å². The van der Waals surface area contributed by atoms with E-state index in [2.05, 4.69) is 36.2 Å². The molecule has 1 heterocycles. The minimum Gasteiger partial charge on any atom is -0.326 e. The van der Waals surface area contributed by atoms with E-state index < -0.39 is 0 Å². The number of thioether (sulfide) groups is 1. The molecule has 0 radical (unpaired) electrons. The molecule has 116 valence electrons. The van der Waals surface area contributed by atoms with E-state index in [0.717, 1.165) is 31.7 Å². The highest BCUT2D eigenvalue weighted by molar-refractivity contribution is 7.99. The highest BCUT2D eigenvalue weighted by Crippen LogP contribution is 2.16. The SMILES string of the molecule is CC(C)CCC(=O)Nc1cccc(CN2CCSCC2)c1. The van der Waals surface area contributed by atoms with E-state index in [1.54, 1.807) is 0 Å².